The fraction of sp³-hybridized carbons (Fsp3) is 0.200. The third kappa shape index (κ3) is 5.27. The zero-order valence-corrected chi connectivity index (χ0v) is 15.2. The van der Waals surface area contributed by atoms with Gasteiger partial charge in [-0.05, 0) is 61.4 Å². The molecule has 0 aliphatic heterocycles. The Kier molecular flexibility index (Phi) is 6.65. The second-order valence-electron chi connectivity index (χ2n) is 5.70. The third-order valence-electron chi connectivity index (χ3n) is 3.66. The molecule has 0 bridgehead atoms. The number of hydrogen-bond donors (Lipinski definition) is 2. The molecule has 0 saturated heterocycles. The van der Waals surface area contributed by atoms with Crippen molar-refractivity contribution in [2.75, 3.05) is 5.32 Å². The fourth-order valence-corrected chi connectivity index (χ4v) is 2.29. The third-order valence-corrected chi connectivity index (χ3v) is 3.96. The van der Waals surface area contributed by atoms with Crippen molar-refractivity contribution in [3.8, 4) is 17.6 Å². The van der Waals surface area contributed by atoms with Gasteiger partial charge in [0.25, 0.3) is 5.91 Å². The molecule has 0 saturated carbocycles. The van der Waals surface area contributed by atoms with Crippen LogP contribution in [0.15, 0.2) is 48.0 Å². The summed E-state index contributed by atoms with van der Waals surface area (Å²) in [4.78, 5) is 12.2. The summed E-state index contributed by atoms with van der Waals surface area (Å²) >= 11 is 6.22. The van der Waals surface area contributed by atoms with Crippen LogP contribution in [0.2, 0.25) is 5.02 Å². The summed E-state index contributed by atoms with van der Waals surface area (Å²) in [6, 6.07) is 12.9. The van der Waals surface area contributed by atoms with Crippen molar-refractivity contribution < 1.29 is 14.6 Å². The number of amides is 1. The van der Waals surface area contributed by atoms with E-state index in [2.05, 4.69) is 5.32 Å². The molecule has 2 rings (SSSR count). The van der Waals surface area contributed by atoms with Crippen LogP contribution in [0.4, 0.5) is 5.69 Å². The van der Waals surface area contributed by atoms with Crippen LogP contribution in [-0.2, 0) is 4.79 Å². The van der Waals surface area contributed by atoms with Crippen LogP contribution in [0.25, 0.3) is 6.08 Å². The summed E-state index contributed by atoms with van der Waals surface area (Å²) in [6.07, 6.45) is 2.35. The highest BCUT2D eigenvalue weighted by Gasteiger charge is 2.11. The van der Waals surface area contributed by atoms with Gasteiger partial charge in [0.1, 0.15) is 23.1 Å². The highest BCUT2D eigenvalue weighted by molar-refractivity contribution is 6.32. The maximum Gasteiger partial charge on any atom is 0.266 e. The average molecular weight is 371 g/mol. The zero-order valence-electron chi connectivity index (χ0n) is 14.5. The molecule has 0 unspecified atom stereocenters. The Morgan fingerprint density at radius 2 is 2.04 bits per heavy atom. The molecule has 0 spiro atoms. The van der Waals surface area contributed by atoms with Gasteiger partial charge in [-0.25, -0.2) is 0 Å². The van der Waals surface area contributed by atoms with Crippen LogP contribution in [0.3, 0.4) is 0 Å². The summed E-state index contributed by atoms with van der Waals surface area (Å²) in [7, 11) is 0. The summed E-state index contributed by atoms with van der Waals surface area (Å²) in [5.74, 6) is 0.104. The molecule has 6 heteroatoms. The number of halogens is 1. The predicted molar refractivity (Wildman–Crippen MR) is 102 cm³/mol. The summed E-state index contributed by atoms with van der Waals surface area (Å²) in [5, 5.41) is 21.6. The van der Waals surface area contributed by atoms with Crippen molar-refractivity contribution in [1.29, 1.82) is 5.26 Å². The smallest absolute Gasteiger partial charge is 0.266 e. The van der Waals surface area contributed by atoms with Gasteiger partial charge >= 0.3 is 0 Å². The largest absolute Gasteiger partial charge is 0.508 e. The monoisotopic (exact) mass is 370 g/mol. The number of nitrogens with one attached hydrogen (secondary N) is 1. The minimum Gasteiger partial charge on any atom is -0.508 e. The molecule has 1 atom stereocenters. The lowest BCUT2D eigenvalue weighted by molar-refractivity contribution is -0.112. The number of rotatable bonds is 6. The standard InChI is InChI=1S/C20H19ClN2O3/c1-3-13(2)26-19-9-4-14(11-18(19)21)10-15(12-22)20(25)23-16-5-7-17(24)8-6-16/h4-11,13,24H,3H2,1-2H3,(H,23,25)/b15-10-/t13-/m0/s1. The topological polar surface area (TPSA) is 82.3 Å². The first kappa shape index (κ1) is 19.4. The summed E-state index contributed by atoms with van der Waals surface area (Å²) < 4.78 is 5.70. The second kappa shape index (κ2) is 8.93. The van der Waals surface area contributed by atoms with E-state index in [0.29, 0.717) is 22.0 Å². The Balaban J connectivity index is 2.17. The lowest BCUT2D eigenvalue weighted by Crippen LogP contribution is -2.13. The van der Waals surface area contributed by atoms with Crippen molar-refractivity contribution in [1.82, 2.24) is 0 Å². The first-order chi connectivity index (χ1) is 12.4. The molecule has 2 N–H and O–H groups in total. The molecule has 2 aromatic rings. The van der Waals surface area contributed by atoms with Crippen LogP contribution in [0.5, 0.6) is 11.5 Å². The van der Waals surface area contributed by atoms with E-state index in [9.17, 15) is 15.2 Å². The van der Waals surface area contributed by atoms with Gasteiger partial charge in [-0.3, -0.25) is 4.79 Å². The number of nitrogens with zero attached hydrogens (tertiary/aromatic N) is 1. The molecular weight excluding hydrogens is 352 g/mol. The number of ether oxygens (including phenoxy) is 1. The Bertz CT molecular complexity index is 854. The number of benzene rings is 2. The number of hydrogen-bond acceptors (Lipinski definition) is 4. The highest BCUT2D eigenvalue weighted by atomic mass is 35.5. The van der Waals surface area contributed by atoms with Gasteiger partial charge in [0, 0.05) is 5.69 Å². The SMILES string of the molecule is CC[C@H](C)Oc1ccc(/C=C(/C#N)C(=O)Nc2ccc(O)cc2)cc1Cl. The number of carbonyl (C=O) groups is 1. The first-order valence-corrected chi connectivity index (χ1v) is 8.49. The molecule has 26 heavy (non-hydrogen) atoms. The highest BCUT2D eigenvalue weighted by Crippen LogP contribution is 2.28. The lowest BCUT2D eigenvalue weighted by Gasteiger charge is -2.14. The van der Waals surface area contributed by atoms with E-state index in [1.165, 1.54) is 18.2 Å². The van der Waals surface area contributed by atoms with Crippen molar-refractivity contribution in [3.63, 3.8) is 0 Å². The summed E-state index contributed by atoms with van der Waals surface area (Å²) in [5.41, 5.74) is 1.03. The van der Waals surface area contributed by atoms with Gasteiger partial charge in [-0.2, -0.15) is 5.26 Å². The molecule has 1 amide bonds. The molecule has 0 heterocycles. The average Bonchev–Trinajstić information content (AvgIpc) is 2.63. The van der Waals surface area contributed by atoms with Gasteiger partial charge in [0.2, 0.25) is 0 Å². The van der Waals surface area contributed by atoms with Gasteiger partial charge < -0.3 is 15.2 Å². The zero-order chi connectivity index (χ0) is 19.1. The van der Waals surface area contributed by atoms with Crippen molar-refractivity contribution >= 4 is 29.3 Å². The molecule has 0 aromatic heterocycles. The number of aromatic hydroxyl groups is 1. The van der Waals surface area contributed by atoms with Crippen LogP contribution in [0, 0.1) is 11.3 Å². The van der Waals surface area contributed by atoms with Gasteiger partial charge in [-0.15, -0.1) is 0 Å². The number of phenolic OH excluding ortho intramolecular Hbond substituents is 1. The van der Waals surface area contributed by atoms with Crippen molar-refractivity contribution in [2.45, 2.75) is 26.4 Å². The number of anilines is 1. The van der Waals surface area contributed by atoms with Crippen LogP contribution >= 0.6 is 11.6 Å². The molecule has 5 nitrogen and oxygen atoms in total. The van der Waals surface area contributed by atoms with Gasteiger partial charge in [0.15, 0.2) is 0 Å². The minimum absolute atomic E-state index is 0.0413. The number of carbonyl (C=O) groups excluding carboxylic acids is 1. The number of phenols is 1. The van der Waals surface area contributed by atoms with Crippen LogP contribution in [0.1, 0.15) is 25.8 Å². The molecule has 0 aliphatic rings. The second-order valence-corrected chi connectivity index (χ2v) is 6.10. The van der Waals surface area contributed by atoms with E-state index in [1.54, 1.807) is 30.3 Å². The first-order valence-electron chi connectivity index (χ1n) is 8.11. The molecule has 0 fully saturated rings. The van der Waals surface area contributed by atoms with E-state index in [0.717, 1.165) is 6.42 Å². The van der Waals surface area contributed by atoms with E-state index in [4.69, 9.17) is 16.3 Å². The molecule has 2 aromatic carbocycles. The predicted octanol–water partition coefficient (Wildman–Crippen LogP) is 4.77. The number of nitriles is 1. The Morgan fingerprint density at radius 1 is 1.35 bits per heavy atom. The Hall–Kier alpha value is -2.97. The molecule has 0 aliphatic carbocycles. The summed E-state index contributed by atoms with van der Waals surface area (Å²) in [6.45, 7) is 3.97. The normalized spacial score (nSPS) is 12.2. The quantitative estimate of drug-likeness (QED) is 0.436. The van der Waals surface area contributed by atoms with Crippen LogP contribution < -0.4 is 10.1 Å². The van der Waals surface area contributed by atoms with E-state index in [-0.39, 0.29) is 17.4 Å². The molecule has 0 radical (unpaired) electrons. The molecule has 134 valence electrons. The lowest BCUT2D eigenvalue weighted by atomic mass is 10.1. The maximum atomic E-state index is 12.2. The Labute approximate surface area is 157 Å². The van der Waals surface area contributed by atoms with E-state index >= 15 is 0 Å². The minimum atomic E-state index is -0.547. The van der Waals surface area contributed by atoms with Crippen LogP contribution in [-0.4, -0.2) is 17.1 Å². The van der Waals surface area contributed by atoms with E-state index in [1.807, 2.05) is 19.9 Å². The maximum absolute atomic E-state index is 12.2. The van der Waals surface area contributed by atoms with E-state index < -0.39 is 5.91 Å². The Morgan fingerprint density at radius 3 is 2.62 bits per heavy atom. The van der Waals surface area contributed by atoms with Gasteiger partial charge in [-0.1, -0.05) is 24.6 Å². The van der Waals surface area contributed by atoms with Gasteiger partial charge in [0.05, 0.1) is 11.1 Å². The van der Waals surface area contributed by atoms with Crippen molar-refractivity contribution in [2.24, 2.45) is 0 Å². The fourth-order valence-electron chi connectivity index (χ4n) is 2.06. The van der Waals surface area contributed by atoms with Crippen molar-refractivity contribution in [3.05, 3.63) is 58.6 Å². The molecular formula is C20H19ClN2O3.